The number of hydrogen-bond donors (Lipinski definition) is 2. The number of amides is 3. The van der Waals surface area contributed by atoms with Gasteiger partial charge in [-0.05, 0) is 37.0 Å². The van der Waals surface area contributed by atoms with Crippen molar-refractivity contribution >= 4 is 11.9 Å². The number of nitrogens with zero attached hydrogens (tertiary/aromatic N) is 1. The number of rotatable bonds is 3. The van der Waals surface area contributed by atoms with Gasteiger partial charge >= 0.3 is 12.2 Å². The van der Waals surface area contributed by atoms with E-state index in [-0.39, 0.29) is 6.54 Å². The lowest BCUT2D eigenvalue weighted by molar-refractivity contribution is -0.182. The Bertz CT molecular complexity index is 549. The first kappa shape index (κ1) is 17.1. The van der Waals surface area contributed by atoms with Crippen molar-refractivity contribution in [3.63, 3.8) is 0 Å². The fraction of sp³-hybridized carbons (Fsp3) is 0.750. The van der Waals surface area contributed by atoms with Crippen LogP contribution in [0.15, 0.2) is 12.2 Å². The molecule has 3 unspecified atom stereocenters. The molecule has 134 valence electrons. The fourth-order valence-corrected chi connectivity index (χ4v) is 4.21. The number of alkyl halides is 3. The highest BCUT2D eigenvalue weighted by atomic mass is 19.4. The number of carbonyl (C=O) groups is 2. The Hall–Kier alpha value is -1.73. The van der Waals surface area contributed by atoms with Gasteiger partial charge in [-0.1, -0.05) is 12.2 Å². The van der Waals surface area contributed by atoms with Gasteiger partial charge in [0.05, 0.1) is 11.8 Å². The average Bonchev–Trinajstić information content (AvgIpc) is 3.00. The monoisotopic (exact) mass is 345 g/mol. The predicted molar refractivity (Wildman–Crippen MR) is 80.7 cm³/mol. The first-order chi connectivity index (χ1) is 11.3. The Labute approximate surface area is 138 Å². The summed E-state index contributed by atoms with van der Waals surface area (Å²) < 4.78 is 39.0. The SMILES string of the molecule is NC(=O)[C@@H]1CN(C(=O)NCC2CC3C=CC2CC3)C[C@H]1C(F)(F)F. The number of likely N-dealkylation sites (tertiary alicyclic amines) is 1. The van der Waals surface area contributed by atoms with Crippen LogP contribution in [-0.4, -0.2) is 42.6 Å². The van der Waals surface area contributed by atoms with Crippen molar-refractivity contribution in [2.75, 3.05) is 19.6 Å². The minimum Gasteiger partial charge on any atom is -0.369 e. The van der Waals surface area contributed by atoms with E-state index < -0.39 is 36.5 Å². The molecule has 1 saturated carbocycles. The number of primary amides is 1. The van der Waals surface area contributed by atoms with Crippen molar-refractivity contribution in [3.05, 3.63) is 12.2 Å². The summed E-state index contributed by atoms with van der Waals surface area (Å²) in [6, 6.07) is -0.543. The van der Waals surface area contributed by atoms with Crippen LogP contribution in [0, 0.1) is 29.6 Å². The molecule has 8 heteroatoms. The normalized spacial score (nSPS) is 35.3. The zero-order valence-electron chi connectivity index (χ0n) is 13.3. The maximum Gasteiger partial charge on any atom is 0.394 e. The molecule has 4 aliphatic rings. The molecule has 2 bridgehead atoms. The van der Waals surface area contributed by atoms with E-state index >= 15 is 0 Å². The van der Waals surface area contributed by atoms with E-state index in [9.17, 15) is 22.8 Å². The number of nitrogens with one attached hydrogen (secondary N) is 1. The van der Waals surface area contributed by atoms with E-state index in [2.05, 4.69) is 17.5 Å². The molecule has 4 rings (SSSR count). The maximum absolute atomic E-state index is 13.0. The van der Waals surface area contributed by atoms with E-state index in [1.165, 1.54) is 6.42 Å². The molecule has 0 aromatic heterocycles. The summed E-state index contributed by atoms with van der Waals surface area (Å²) in [5, 5.41) is 2.74. The van der Waals surface area contributed by atoms with Gasteiger partial charge in [-0.15, -0.1) is 0 Å². The number of fused-ring (bicyclic) bond motifs is 2. The third-order valence-corrected chi connectivity index (χ3v) is 5.62. The molecule has 3 amide bonds. The Morgan fingerprint density at radius 1 is 1.21 bits per heavy atom. The molecule has 3 aliphatic carbocycles. The van der Waals surface area contributed by atoms with Gasteiger partial charge in [-0.25, -0.2) is 4.79 Å². The number of urea groups is 1. The second-order valence-corrected chi connectivity index (χ2v) is 7.13. The first-order valence-corrected chi connectivity index (χ1v) is 8.33. The lowest BCUT2D eigenvalue weighted by Crippen LogP contribution is -2.44. The molecule has 1 heterocycles. The molecular weight excluding hydrogens is 323 g/mol. The van der Waals surface area contributed by atoms with Crippen molar-refractivity contribution < 1.29 is 22.8 Å². The summed E-state index contributed by atoms with van der Waals surface area (Å²) >= 11 is 0. The van der Waals surface area contributed by atoms with Crippen LogP contribution in [0.3, 0.4) is 0 Å². The topological polar surface area (TPSA) is 75.4 Å². The van der Waals surface area contributed by atoms with Gasteiger partial charge in [0.25, 0.3) is 0 Å². The van der Waals surface area contributed by atoms with Crippen LogP contribution in [0.2, 0.25) is 0 Å². The molecule has 2 fully saturated rings. The highest BCUT2D eigenvalue weighted by Crippen LogP contribution is 2.40. The zero-order valence-corrected chi connectivity index (χ0v) is 13.3. The third-order valence-electron chi connectivity index (χ3n) is 5.62. The molecule has 1 saturated heterocycles. The zero-order chi connectivity index (χ0) is 17.5. The van der Waals surface area contributed by atoms with Gasteiger partial charge in [-0.2, -0.15) is 13.2 Å². The minimum atomic E-state index is -4.54. The summed E-state index contributed by atoms with van der Waals surface area (Å²) in [7, 11) is 0. The summed E-state index contributed by atoms with van der Waals surface area (Å²) in [5.41, 5.74) is 5.07. The lowest BCUT2D eigenvalue weighted by Gasteiger charge is -2.38. The van der Waals surface area contributed by atoms with Crippen molar-refractivity contribution in [3.8, 4) is 0 Å². The highest BCUT2D eigenvalue weighted by Gasteiger charge is 2.52. The Morgan fingerprint density at radius 3 is 2.42 bits per heavy atom. The number of hydrogen-bond acceptors (Lipinski definition) is 2. The van der Waals surface area contributed by atoms with Gasteiger partial charge in [0.15, 0.2) is 0 Å². The predicted octanol–water partition coefficient (Wildman–Crippen LogP) is 1.89. The van der Waals surface area contributed by atoms with Gasteiger partial charge in [0.1, 0.15) is 0 Å². The van der Waals surface area contributed by atoms with Gasteiger partial charge in [-0.3, -0.25) is 4.79 Å². The average molecular weight is 345 g/mol. The van der Waals surface area contributed by atoms with Crippen LogP contribution in [0.5, 0.6) is 0 Å². The van der Waals surface area contributed by atoms with Crippen molar-refractivity contribution in [2.45, 2.75) is 25.4 Å². The van der Waals surface area contributed by atoms with E-state index in [0.717, 1.165) is 17.7 Å². The van der Waals surface area contributed by atoms with Crippen LogP contribution >= 0.6 is 0 Å². The fourth-order valence-electron chi connectivity index (χ4n) is 4.21. The number of halogens is 3. The number of nitrogens with two attached hydrogens (primary N) is 1. The molecule has 5 atom stereocenters. The molecule has 0 aromatic rings. The molecule has 0 spiro atoms. The van der Waals surface area contributed by atoms with E-state index in [1.807, 2.05) is 0 Å². The van der Waals surface area contributed by atoms with E-state index in [4.69, 9.17) is 5.73 Å². The van der Waals surface area contributed by atoms with Gasteiger partial charge < -0.3 is 16.0 Å². The molecule has 1 aliphatic heterocycles. The second-order valence-electron chi connectivity index (χ2n) is 7.13. The standard InChI is InChI=1S/C16H22F3N3O2/c17-16(18,19)13-8-22(7-12(13)14(20)23)15(24)21-6-11-5-9-1-3-10(11)4-2-9/h1,3,9-13H,2,4-8H2,(H2,20,23)(H,21,24)/t9?,10?,11?,12-,13-/m1/s1. The molecular formula is C16H22F3N3O2. The molecule has 5 nitrogen and oxygen atoms in total. The number of carbonyl (C=O) groups excluding carboxylic acids is 2. The quantitative estimate of drug-likeness (QED) is 0.767. The third kappa shape index (κ3) is 3.37. The molecule has 3 N–H and O–H groups in total. The Morgan fingerprint density at radius 2 is 1.96 bits per heavy atom. The summed E-state index contributed by atoms with van der Waals surface area (Å²) in [4.78, 5) is 24.5. The van der Waals surface area contributed by atoms with Crippen molar-refractivity contribution in [2.24, 2.45) is 35.3 Å². The maximum atomic E-state index is 13.0. The summed E-state index contributed by atoms with van der Waals surface area (Å²) in [6.07, 6.45) is 3.15. The summed E-state index contributed by atoms with van der Waals surface area (Å²) in [6.45, 7) is -0.333. The summed E-state index contributed by atoms with van der Waals surface area (Å²) in [5.74, 6) is -2.93. The van der Waals surface area contributed by atoms with Gasteiger partial charge in [0.2, 0.25) is 5.91 Å². The molecule has 0 aromatic carbocycles. The van der Waals surface area contributed by atoms with Crippen molar-refractivity contribution in [1.29, 1.82) is 0 Å². The molecule has 24 heavy (non-hydrogen) atoms. The van der Waals surface area contributed by atoms with Crippen LogP contribution in [0.1, 0.15) is 19.3 Å². The highest BCUT2D eigenvalue weighted by molar-refractivity contribution is 5.80. The van der Waals surface area contributed by atoms with Crippen LogP contribution in [0.4, 0.5) is 18.0 Å². The van der Waals surface area contributed by atoms with E-state index in [1.54, 1.807) is 0 Å². The molecule has 0 radical (unpaired) electrons. The largest absolute Gasteiger partial charge is 0.394 e. The van der Waals surface area contributed by atoms with Crippen molar-refractivity contribution in [1.82, 2.24) is 10.2 Å². The van der Waals surface area contributed by atoms with Crippen LogP contribution in [-0.2, 0) is 4.79 Å². The second kappa shape index (κ2) is 6.29. The van der Waals surface area contributed by atoms with E-state index in [0.29, 0.717) is 24.3 Å². The number of allylic oxidation sites excluding steroid dienone is 2. The van der Waals surface area contributed by atoms with Crippen LogP contribution in [0.25, 0.3) is 0 Å². The first-order valence-electron chi connectivity index (χ1n) is 8.33. The Balaban J connectivity index is 1.56. The Kier molecular flexibility index (Phi) is 4.48. The smallest absolute Gasteiger partial charge is 0.369 e. The van der Waals surface area contributed by atoms with Gasteiger partial charge in [0, 0.05) is 19.6 Å². The lowest BCUT2D eigenvalue weighted by atomic mass is 9.69. The minimum absolute atomic E-state index is 0.276. The van der Waals surface area contributed by atoms with Crippen LogP contribution < -0.4 is 11.1 Å².